The second-order valence-corrected chi connectivity index (χ2v) is 5.29. The smallest absolute Gasteiger partial charge is 0.139 e. The third-order valence-corrected chi connectivity index (χ3v) is 3.44. The van der Waals surface area contributed by atoms with Gasteiger partial charge in [-0.2, -0.15) is 0 Å². The molecule has 2 N–H and O–H groups in total. The Labute approximate surface area is 119 Å². The fraction of sp³-hybridized carbons (Fsp3) is 0.250. The van der Waals surface area contributed by atoms with Gasteiger partial charge in [0.05, 0.1) is 5.02 Å². The normalized spacial score (nSPS) is 10.7. The zero-order valence-corrected chi connectivity index (χ0v) is 11.9. The van der Waals surface area contributed by atoms with Gasteiger partial charge in [0.2, 0.25) is 0 Å². The predicted octanol–water partition coefficient (Wildman–Crippen LogP) is 4.78. The van der Waals surface area contributed by atoms with Gasteiger partial charge in [-0.3, -0.25) is 0 Å². The van der Waals surface area contributed by atoms with Crippen LogP contribution in [0.1, 0.15) is 30.9 Å². The van der Waals surface area contributed by atoms with Gasteiger partial charge >= 0.3 is 0 Å². The molecule has 0 atom stereocenters. The number of phenolic OH excluding ortho intramolecular Hbond substituents is 1. The molecule has 0 saturated carbocycles. The molecule has 0 aliphatic carbocycles. The number of para-hydroxylation sites is 1. The van der Waals surface area contributed by atoms with E-state index in [1.807, 2.05) is 12.1 Å². The van der Waals surface area contributed by atoms with Gasteiger partial charge in [-0.1, -0.05) is 49.7 Å². The number of rotatable bonds is 4. The lowest BCUT2D eigenvalue weighted by molar-refractivity contribution is 0.469. The van der Waals surface area contributed by atoms with E-state index in [9.17, 15) is 5.11 Å². The molecule has 2 aromatic rings. The predicted molar refractivity (Wildman–Crippen MR) is 81.0 cm³/mol. The largest absolute Gasteiger partial charge is 0.506 e. The minimum absolute atomic E-state index is 0.149. The van der Waals surface area contributed by atoms with Crippen LogP contribution in [-0.4, -0.2) is 5.11 Å². The molecule has 19 heavy (non-hydrogen) atoms. The highest BCUT2D eigenvalue weighted by Gasteiger charge is 2.05. The third kappa shape index (κ3) is 3.42. The van der Waals surface area contributed by atoms with E-state index >= 15 is 0 Å². The summed E-state index contributed by atoms with van der Waals surface area (Å²) in [6.45, 7) is 4.90. The maximum absolute atomic E-state index is 9.82. The number of halogens is 1. The van der Waals surface area contributed by atoms with Gasteiger partial charge in [-0.25, -0.2) is 0 Å². The lowest BCUT2D eigenvalue weighted by Crippen LogP contribution is -2.00. The van der Waals surface area contributed by atoms with E-state index < -0.39 is 0 Å². The molecule has 0 amide bonds. The van der Waals surface area contributed by atoms with Gasteiger partial charge in [-0.05, 0) is 29.7 Å². The highest BCUT2D eigenvalue weighted by molar-refractivity contribution is 6.32. The van der Waals surface area contributed by atoms with Gasteiger partial charge in [0.25, 0.3) is 0 Å². The summed E-state index contributed by atoms with van der Waals surface area (Å²) in [6.07, 6.45) is 0. The van der Waals surface area contributed by atoms with E-state index in [1.54, 1.807) is 6.07 Å². The van der Waals surface area contributed by atoms with Crippen LogP contribution < -0.4 is 5.32 Å². The van der Waals surface area contributed by atoms with Crippen molar-refractivity contribution >= 4 is 17.3 Å². The molecule has 0 bridgehead atoms. The van der Waals surface area contributed by atoms with E-state index in [2.05, 4.69) is 43.4 Å². The van der Waals surface area contributed by atoms with Crippen molar-refractivity contribution in [2.45, 2.75) is 26.3 Å². The summed E-state index contributed by atoms with van der Waals surface area (Å²) in [7, 11) is 0. The zero-order valence-electron chi connectivity index (χ0n) is 11.2. The van der Waals surface area contributed by atoms with Gasteiger partial charge < -0.3 is 10.4 Å². The molecule has 100 valence electrons. The summed E-state index contributed by atoms with van der Waals surface area (Å²) in [5.41, 5.74) is 3.14. The summed E-state index contributed by atoms with van der Waals surface area (Å²) in [6, 6.07) is 13.7. The second kappa shape index (κ2) is 5.98. The first-order valence-electron chi connectivity index (χ1n) is 6.38. The third-order valence-electron chi connectivity index (χ3n) is 3.13. The standard InChI is InChI=1S/C16H18ClNO/c1-11(2)12-6-8-14(9-7-12)18-10-13-4-3-5-15(17)16(13)19/h3-9,11,18-19H,10H2,1-2H3. The number of hydrogen-bond donors (Lipinski definition) is 2. The molecular formula is C16H18ClNO. The number of nitrogens with one attached hydrogen (secondary N) is 1. The molecule has 0 saturated heterocycles. The van der Waals surface area contributed by atoms with Gasteiger partial charge in [0.1, 0.15) is 5.75 Å². The summed E-state index contributed by atoms with van der Waals surface area (Å²) < 4.78 is 0. The van der Waals surface area contributed by atoms with Crippen molar-refractivity contribution in [1.82, 2.24) is 0 Å². The maximum Gasteiger partial charge on any atom is 0.139 e. The van der Waals surface area contributed by atoms with Crippen LogP contribution in [0.5, 0.6) is 5.75 Å². The first-order chi connectivity index (χ1) is 9.08. The van der Waals surface area contributed by atoms with Crippen LogP contribution in [0, 0.1) is 0 Å². The topological polar surface area (TPSA) is 32.3 Å². The Morgan fingerprint density at radius 3 is 2.42 bits per heavy atom. The maximum atomic E-state index is 9.82. The molecule has 0 aliphatic rings. The lowest BCUT2D eigenvalue weighted by atomic mass is 10.0. The van der Waals surface area contributed by atoms with Crippen LogP contribution in [0.2, 0.25) is 5.02 Å². The minimum atomic E-state index is 0.149. The zero-order chi connectivity index (χ0) is 13.8. The van der Waals surface area contributed by atoms with Crippen molar-refractivity contribution < 1.29 is 5.11 Å². The Kier molecular flexibility index (Phi) is 4.33. The molecule has 0 aliphatic heterocycles. The second-order valence-electron chi connectivity index (χ2n) is 4.88. The van der Waals surface area contributed by atoms with Crippen molar-refractivity contribution in [3.63, 3.8) is 0 Å². The van der Waals surface area contributed by atoms with E-state index in [0.717, 1.165) is 11.3 Å². The van der Waals surface area contributed by atoms with Crippen molar-refractivity contribution in [2.24, 2.45) is 0 Å². The molecule has 2 nitrogen and oxygen atoms in total. The molecule has 2 aromatic carbocycles. The molecule has 2 rings (SSSR count). The molecule has 0 unspecified atom stereocenters. The Morgan fingerprint density at radius 1 is 1.11 bits per heavy atom. The fourth-order valence-corrected chi connectivity index (χ4v) is 2.08. The molecule has 3 heteroatoms. The Morgan fingerprint density at radius 2 is 1.79 bits per heavy atom. The highest BCUT2D eigenvalue weighted by Crippen LogP contribution is 2.27. The number of hydrogen-bond acceptors (Lipinski definition) is 2. The number of anilines is 1. The fourth-order valence-electron chi connectivity index (χ4n) is 1.89. The number of phenols is 1. The summed E-state index contributed by atoms with van der Waals surface area (Å²) in [4.78, 5) is 0. The SMILES string of the molecule is CC(C)c1ccc(NCc2cccc(Cl)c2O)cc1. The first-order valence-corrected chi connectivity index (χ1v) is 6.76. The van der Waals surface area contributed by atoms with Crippen LogP contribution in [0.4, 0.5) is 5.69 Å². The quantitative estimate of drug-likeness (QED) is 0.841. The molecular weight excluding hydrogens is 258 g/mol. The summed E-state index contributed by atoms with van der Waals surface area (Å²) in [5.74, 6) is 0.682. The average Bonchev–Trinajstić information content (AvgIpc) is 2.41. The van der Waals surface area contributed by atoms with E-state index in [-0.39, 0.29) is 5.75 Å². The van der Waals surface area contributed by atoms with E-state index in [1.165, 1.54) is 5.56 Å². The molecule has 0 radical (unpaired) electrons. The summed E-state index contributed by atoms with van der Waals surface area (Å²) in [5, 5.41) is 13.5. The lowest BCUT2D eigenvalue weighted by Gasteiger charge is -2.10. The van der Waals surface area contributed by atoms with Gasteiger partial charge in [0.15, 0.2) is 0 Å². The Balaban J connectivity index is 2.04. The Hall–Kier alpha value is -1.67. The van der Waals surface area contributed by atoms with Crippen molar-refractivity contribution in [3.8, 4) is 5.75 Å². The Bertz CT molecular complexity index is 549. The summed E-state index contributed by atoms with van der Waals surface area (Å²) >= 11 is 5.87. The van der Waals surface area contributed by atoms with Crippen molar-refractivity contribution in [3.05, 3.63) is 58.6 Å². The van der Waals surface area contributed by atoms with Crippen molar-refractivity contribution in [2.75, 3.05) is 5.32 Å². The number of aromatic hydroxyl groups is 1. The monoisotopic (exact) mass is 275 g/mol. The molecule has 0 aromatic heterocycles. The molecule has 0 fully saturated rings. The van der Waals surface area contributed by atoms with Gasteiger partial charge in [-0.15, -0.1) is 0 Å². The van der Waals surface area contributed by atoms with E-state index in [4.69, 9.17) is 11.6 Å². The van der Waals surface area contributed by atoms with Crippen molar-refractivity contribution in [1.29, 1.82) is 0 Å². The van der Waals surface area contributed by atoms with Crippen LogP contribution in [0.15, 0.2) is 42.5 Å². The molecule has 0 spiro atoms. The average molecular weight is 276 g/mol. The van der Waals surface area contributed by atoms with Crippen LogP contribution >= 0.6 is 11.6 Å². The van der Waals surface area contributed by atoms with Gasteiger partial charge in [0, 0.05) is 17.8 Å². The van der Waals surface area contributed by atoms with E-state index in [0.29, 0.717) is 17.5 Å². The number of benzene rings is 2. The molecule has 0 heterocycles. The highest BCUT2D eigenvalue weighted by atomic mass is 35.5. The van der Waals surface area contributed by atoms with Crippen LogP contribution in [-0.2, 0) is 6.54 Å². The van der Waals surface area contributed by atoms with Crippen LogP contribution in [0.25, 0.3) is 0 Å². The van der Waals surface area contributed by atoms with Crippen LogP contribution in [0.3, 0.4) is 0 Å². The minimum Gasteiger partial charge on any atom is -0.506 e. The first kappa shape index (κ1) is 13.8.